The quantitative estimate of drug-likeness (QED) is 0.284. The van der Waals surface area contributed by atoms with Gasteiger partial charge in [0.25, 0.3) is 5.91 Å². The molecule has 0 aromatic heterocycles. The predicted molar refractivity (Wildman–Crippen MR) is 171 cm³/mol. The minimum atomic E-state index is -1.00. The summed E-state index contributed by atoms with van der Waals surface area (Å²) in [5.74, 6) is 0.869. The molecule has 2 aliphatic carbocycles. The van der Waals surface area contributed by atoms with Crippen molar-refractivity contribution in [1.29, 1.82) is 0 Å². The van der Waals surface area contributed by atoms with Gasteiger partial charge in [-0.05, 0) is 84.4 Å². The first-order valence-electron chi connectivity index (χ1n) is 15.8. The van der Waals surface area contributed by atoms with Crippen LogP contribution in [0.4, 0.5) is 0 Å². The van der Waals surface area contributed by atoms with Gasteiger partial charge in [-0.3, -0.25) is 4.79 Å². The van der Waals surface area contributed by atoms with Crippen LogP contribution >= 0.6 is 11.8 Å². The number of nitrogens with one attached hydrogen (secondary N) is 1. The van der Waals surface area contributed by atoms with E-state index in [1.54, 1.807) is 11.8 Å². The van der Waals surface area contributed by atoms with Crippen LogP contribution in [0.1, 0.15) is 106 Å². The zero-order chi connectivity index (χ0) is 29.0. The van der Waals surface area contributed by atoms with E-state index in [4.69, 9.17) is 4.74 Å². The number of carboxylic acid groups (broad SMARTS) is 1. The fraction of sp³-hybridized carbons (Fsp3) is 0.600. The van der Waals surface area contributed by atoms with Gasteiger partial charge in [0.05, 0.1) is 12.7 Å². The number of carbonyl (C=O) groups is 2. The number of rotatable bonds is 14. The molecule has 4 rings (SSSR count). The SMILES string of the molecule is CSCCC(NC(=O)c1ccc(COC(CC2CCCCC2)CC2CCCCC2)cc1-c1ccccc1C)C(=O)O.[H-].[Li+]. The fourth-order valence-electron chi connectivity index (χ4n) is 6.74. The minimum absolute atomic E-state index is 0. The maximum Gasteiger partial charge on any atom is 1.00 e. The third-order valence-corrected chi connectivity index (χ3v) is 9.75. The van der Waals surface area contributed by atoms with E-state index in [9.17, 15) is 14.7 Å². The minimum Gasteiger partial charge on any atom is -1.00 e. The first kappa shape index (κ1) is 34.8. The number of benzene rings is 2. The molecule has 2 fully saturated rings. The maximum atomic E-state index is 13.4. The van der Waals surface area contributed by atoms with E-state index < -0.39 is 12.0 Å². The van der Waals surface area contributed by atoms with E-state index in [1.165, 1.54) is 64.2 Å². The van der Waals surface area contributed by atoms with Crippen molar-refractivity contribution in [3.05, 3.63) is 59.2 Å². The summed E-state index contributed by atoms with van der Waals surface area (Å²) in [5, 5.41) is 12.5. The summed E-state index contributed by atoms with van der Waals surface area (Å²) in [6, 6.07) is 13.0. The van der Waals surface area contributed by atoms with E-state index in [1.807, 2.05) is 49.6 Å². The summed E-state index contributed by atoms with van der Waals surface area (Å²) >= 11 is 1.57. The van der Waals surface area contributed by atoms with Gasteiger partial charge < -0.3 is 16.6 Å². The fourth-order valence-corrected chi connectivity index (χ4v) is 7.21. The normalized spacial score (nSPS) is 17.0. The molecule has 226 valence electrons. The molecule has 2 aromatic rings. The average molecular weight is 588 g/mol. The second-order valence-corrected chi connectivity index (χ2v) is 13.2. The van der Waals surface area contributed by atoms with E-state index >= 15 is 0 Å². The number of carbonyl (C=O) groups excluding carboxylic acids is 1. The first-order chi connectivity index (χ1) is 19.9. The van der Waals surface area contributed by atoms with Gasteiger partial charge in [0, 0.05) is 5.56 Å². The molecular formula is C35H50LiNO4S. The third-order valence-electron chi connectivity index (χ3n) is 9.11. The van der Waals surface area contributed by atoms with Gasteiger partial charge in [-0.1, -0.05) is 94.5 Å². The van der Waals surface area contributed by atoms with Crippen LogP contribution in [0, 0.1) is 18.8 Å². The second kappa shape index (κ2) is 18.2. The number of carboxylic acids is 1. The van der Waals surface area contributed by atoms with Crippen LogP contribution in [-0.2, 0) is 16.1 Å². The molecular weight excluding hydrogens is 537 g/mol. The molecule has 42 heavy (non-hydrogen) atoms. The van der Waals surface area contributed by atoms with Crippen molar-refractivity contribution in [3.63, 3.8) is 0 Å². The van der Waals surface area contributed by atoms with Crippen LogP contribution in [-0.4, -0.2) is 41.1 Å². The predicted octanol–water partition coefficient (Wildman–Crippen LogP) is 5.54. The van der Waals surface area contributed by atoms with E-state index in [-0.39, 0.29) is 32.3 Å². The molecule has 0 heterocycles. The Balaban J connectivity index is 0.00000323. The summed E-state index contributed by atoms with van der Waals surface area (Å²) in [5.41, 5.74) is 4.43. The van der Waals surface area contributed by atoms with Gasteiger partial charge in [-0.15, -0.1) is 0 Å². The summed E-state index contributed by atoms with van der Waals surface area (Å²) in [6.07, 6.45) is 18.4. The molecule has 7 heteroatoms. The Kier molecular flexibility index (Phi) is 15.1. The number of hydrogen-bond acceptors (Lipinski definition) is 4. The number of amides is 1. The Hall–Kier alpha value is -1.71. The molecule has 0 bridgehead atoms. The standard InChI is InChI=1S/C35H49NO4S.Li.H/c1-25-11-9-10-16-30(25)32-23-28(17-18-31(32)34(37)36-33(35(38)39)19-20-41-2)24-40-29(21-26-12-5-3-6-13-26)22-27-14-7-4-8-15-27;;/h9-11,16-18,23,26-27,29,33H,3-8,12-15,19-22,24H2,1-2H3,(H,36,37)(H,38,39);;/q;+1;-1. The molecule has 1 atom stereocenters. The molecule has 1 unspecified atom stereocenters. The van der Waals surface area contributed by atoms with Crippen molar-refractivity contribution < 1.29 is 39.7 Å². The van der Waals surface area contributed by atoms with Gasteiger partial charge in [-0.25, -0.2) is 4.79 Å². The molecule has 1 amide bonds. The summed E-state index contributed by atoms with van der Waals surface area (Å²) < 4.78 is 6.71. The van der Waals surface area contributed by atoms with Gasteiger partial charge in [0.15, 0.2) is 0 Å². The van der Waals surface area contributed by atoms with Crippen LogP contribution < -0.4 is 24.2 Å². The van der Waals surface area contributed by atoms with E-state index in [0.29, 0.717) is 24.3 Å². The van der Waals surface area contributed by atoms with Crippen molar-refractivity contribution in [1.82, 2.24) is 5.32 Å². The summed E-state index contributed by atoms with van der Waals surface area (Å²) in [6.45, 7) is 2.57. The summed E-state index contributed by atoms with van der Waals surface area (Å²) in [7, 11) is 0. The van der Waals surface area contributed by atoms with Crippen LogP contribution in [0.3, 0.4) is 0 Å². The monoisotopic (exact) mass is 587 g/mol. The zero-order valence-corrected chi connectivity index (χ0v) is 26.9. The number of aryl methyl sites for hydroxylation is 1. The van der Waals surface area contributed by atoms with Crippen molar-refractivity contribution in [2.75, 3.05) is 12.0 Å². The molecule has 5 nitrogen and oxygen atoms in total. The van der Waals surface area contributed by atoms with Gasteiger partial charge in [0.1, 0.15) is 6.04 Å². The average Bonchev–Trinajstić information content (AvgIpc) is 2.99. The molecule has 2 aliphatic rings. The van der Waals surface area contributed by atoms with Crippen molar-refractivity contribution >= 4 is 23.6 Å². The van der Waals surface area contributed by atoms with E-state index in [0.717, 1.165) is 46.9 Å². The zero-order valence-electron chi connectivity index (χ0n) is 27.0. The van der Waals surface area contributed by atoms with Crippen LogP contribution in [0.15, 0.2) is 42.5 Å². The Morgan fingerprint density at radius 2 is 1.57 bits per heavy atom. The van der Waals surface area contributed by atoms with Gasteiger partial charge in [-0.2, -0.15) is 11.8 Å². The molecule has 2 N–H and O–H groups in total. The molecule has 0 saturated heterocycles. The number of aliphatic carboxylic acids is 1. The molecule has 0 radical (unpaired) electrons. The number of thioether (sulfide) groups is 1. The van der Waals surface area contributed by atoms with Crippen LogP contribution in [0.5, 0.6) is 0 Å². The van der Waals surface area contributed by atoms with Crippen LogP contribution in [0.25, 0.3) is 11.1 Å². The van der Waals surface area contributed by atoms with Crippen molar-refractivity contribution in [2.24, 2.45) is 11.8 Å². The Morgan fingerprint density at radius 1 is 0.952 bits per heavy atom. The molecule has 0 aliphatic heterocycles. The summed E-state index contributed by atoms with van der Waals surface area (Å²) in [4.78, 5) is 25.3. The number of hydrogen-bond donors (Lipinski definition) is 2. The second-order valence-electron chi connectivity index (χ2n) is 12.3. The van der Waals surface area contributed by atoms with Crippen LogP contribution in [0.2, 0.25) is 0 Å². The topological polar surface area (TPSA) is 75.6 Å². The smallest absolute Gasteiger partial charge is 1.00 e. The number of ether oxygens (including phenoxy) is 1. The van der Waals surface area contributed by atoms with Gasteiger partial charge >= 0.3 is 24.8 Å². The Morgan fingerprint density at radius 3 is 2.14 bits per heavy atom. The van der Waals surface area contributed by atoms with Crippen molar-refractivity contribution in [3.8, 4) is 11.1 Å². The molecule has 2 aromatic carbocycles. The largest absolute Gasteiger partial charge is 1.00 e. The molecule has 2 saturated carbocycles. The Labute approximate surface area is 271 Å². The van der Waals surface area contributed by atoms with E-state index in [2.05, 4.69) is 11.4 Å². The maximum absolute atomic E-state index is 13.4. The van der Waals surface area contributed by atoms with Gasteiger partial charge in [0.2, 0.25) is 0 Å². The van der Waals surface area contributed by atoms with Crippen molar-refractivity contribution in [2.45, 2.75) is 109 Å². The Bertz CT molecular complexity index is 1120. The first-order valence-corrected chi connectivity index (χ1v) is 17.2. The third kappa shape index (κ3) is 10.5. The molecule has 0 spiro atoms.